The van der Waals surface area contributed by atoms with Gasteiger partial charge in [0.1, 0.15) is 24.0 Å². The van der Waals surface area contributed by atoms with Gasteiger partial charge in [0, 0.05) is 13.5 Å². The third-order valence-electron chi connectivity index (χ3n) is 4.58. The van der Waals surface area contributed by atoms with E-state index in [1.807, 2.05) is 54.6 Å². The number of esters is 1. The van der Waals surface area contributed by atoms with Crippen molar-refractivity contribution in [3.8, 4) is 5.75 Å². The summed E-state index contributed by atoms with van der Waals surface area (Å²) in [4.78, 5) is 26.0. The van der Waals surface area contributed by atoms with Crippen molar-refractivity contribution >= 4 is 12.1 Å². The SMILES string of the molecule is COC(=O)[C@H](Cc1ccc(OCCOCc2ccccc2)cc1)N(C)C(=O)OC(C)(C)C. The van der Waals surface area contributed by atoms with Crippen LogP contribution in [0.3, 0.4) is 0 Å². The Morgan fingerprint density at radius 3 is 2.19 bits per heavy atom. The molecule has 0 saturated heterocycles. The van der Waals surface area contributed by atoms with Crippen LogP contribution in [0.25, 0.3) is 0 Å². The number of rotatable bonds is 10. The first kappa shape index (κ1) is 25.2. The Morgan fingerprint density at radius 2 is 1.59 bits per heavy atom. The highest BCUT2D eigenvalue weighted by atomic mass is 16.6. The van der Waals surface area contributed by atoms with Crippen LogP contribution in [0.2, 0.25) is 0 Å². The van der Waals surface area contributed by atoms with Gasteiger partial charge >= 0.3 is 12.1 Å². The number of likely N-dealkylation sites (N-methyl/N-ethyl adjacent to an activating group) is 1. The summed E-state index contributed by atoms with van der Waals surface area (Å²) in [5, 5.41) is 0. The van der Waals surface area contributed by atoms with Gasteiger partial charge in [-0.25, -0.2) is 9.59 Å². The van der Waals surface area contributed by atoms with Gasteiger partial charge in [0.25, 0.3) is 0 Å². The van der Waals surface area contributed by atoms with Crippen LogP contribution < -0.4 is 4.74 Å². The van der Waals surface area contributed by atoms with Gasteiger partial charge < -0.3 is 18.9 Å². The molecule has 0 radical (unpaired) electrons. The van der Waals surface area contributed by atoms with E-state index in [4.69, 9.17) is 18.9 Å². The maximum atomic E-state index is 12.4. The van der Waals surface area contributed by atoms with Crippen molar-refractivity contribution in [2.45, 2.75) is 45.4 Å². The van der Waals surface area contributed by atoms with Gasteiger partial charge in [-0.2, -0.15) is 0 Å². The second-order valence-corrected chi connectivity index (χ2v) is 8.36. The molecular weight excluding hydrogens is 410 g/mol. The lowest BCUT2D eigenvalue weighted by Crippen LogP contribution is -2.46. The first-order chi connectivity index (χ1) is 15.2. The molecule has 0 saturated carbocycles. The Kier molecular flexibility index (Phi) is 9.53. The average Bonchev–Trinajstić information content (AvgIpc) is 2.76. The molecular formula is C25H33NO6. The van der Waals surface area contributed by atoms with Crippen molar-refractivity contribution in [2.75, 3.05) is 27.4 Å². The van der Waals surface area contributed by atoms with Crippen molar-refractivity contribution < 1.29 is 28.5 Å². The fourth-order valence-corrected chi connectivity index (χ4v) is 2.90. The minimum absolute atomic E-state index is 0.295. The van der Waals surface area contributed by atoms with E-state index in [0.717, 1.165) is 11.1 Å². The van der Waals surface area contributed by atoms with Crippen LogP contribution in [-0.2, 0) is 32.0 Å². The second kappa shape index (κ2) is 12.1. The molecule has 0 bridgehead atoms. The Hall–Kier alpha value is -3.06. The molecule has 2 rings (SSSR count). The summed E-state index contributed by atoms with van der Waals surface area (Å²) in [5.74, 6) is 0.196. The normalized spacial score (nSPS) is 12.0. The van der Waals surface area contributed by atoms with Gasteiger partial charge in [-0.1, -0.05) is 42.5 Å². The van der Waals surface area contributed by atoms with Crippen LogP contribution in [0.15, 0.2) is 54.6 Å². The van der Waals surface area contributed by atoms with Crippen LogP contribution in [-0.4, -0.2) is 56.0 Å². The highest BCUT2D eigenvalue weighted by Crippen LogP contribution is 2.17. The number of benzene rings is 2. The van der Waals surface area contributed by atoms with Crippen molar-refractivity contribution in [3.05, 3.63) is 65.7 Å². The van der Waals surface area contributed by atoms with Crippen molar-refractivity contribution in [1.29, 1.82) is 0 Å². The van der Waals surface area contributed by atoms with Gasteiger partial charge in [-0.05, 0) is 44.0 Å². The predicted octanol–water partition coefficient (Wildman–Crippen LogP) is 4.23. The maximum absolute atomic E-state index is 12.4. The molecule has 0 aliphatic rings. The summed E-state index contributed by atoms with van der Waals surface area (Å²) < 4.78 is 21.6. The molecule has 0 aromatic heterocycles. The zero-order valence-electron chi connectivity index (χ0n) is 19.5. The van der Waals surface area contributed by atoms with E-state index < -0.39 is 23.7 Å². The highest BCUT2D eigenvalue weighted by Gasteiger charge is 2.31. The molecule has 0 fully saturated rings. The number of methoxy groups -OCH3 is 1. The molecule has 0 unspecified atom stereocenters. The molecule has 1 atom stereocenters. The number of carbonyl (C=O) groups is 2. The van der Waals surface area contributed by atoms with E-state index >= 15 is 0 Å². The third-order valence-corrected chi connectivity index (χ3v) is 4.58. The number of hydrogen-bond donors (Lipinski definition) is 0. The summed E-state index contributed by atoms with van der Waals surface area (Å²) in [7, 11) is 2.83. The minimum Gasteiger partial charge on any atom is -0.491 e. The Bertz CT molecular complexity index is 845. The monoisotopic (exact) mass is 443 g/mol. The van der Waals surface area contributed by atoms with Crippen LogP contribution in [0, 0.1) is 0 Å². The molecule has 0 heterocycles. The molecule has 7 heteroatoms. The Balaban J connectivity index is 1.86. The van der Waals surface area contributed by atoms with Crippen LogP contribution in [0.1, 0.15) is 31.9 Å². The zero-order chi connectivity index (χ0) is 23.6. The van der Waals surface area contributed by atoms with Crippen molar-refractivity contribution in [3.63, 3.8) is 0 Å². The van der Waals surface area contributed by atoms with E-state index in [1.54, 1.807) is 20.8 Å². The summed E-state index contributed by atoms with van der Waals surface area (Å²) in [6, 6.07) is 16.5. The number of hydrogen-bond acceptors (Lipinski definition) is 6. The lowest BCUT2D eigenvalue weighted by molar-refractivity contribution is -0.146. The van der Waals surface area contributed by atoms with Crippen molar-refractivity contribution in [2.24, 2.45) is 0 Å². The lowest BCUT2D eigenvalue weighted by Gasteiger charge is -2.29. The molecule has 0 aliphatic heterocycles. The quantitative estimate of drug-likeness (QED) is 0.404. The lowest BCUT2D eigenvalue weighted by atomic mass is 10.0. The molecule has 174 valence electrons. The third kappa shape index (κ3) is 8.59. The van der Waals surface area contributed by atoms with Gasteiger partial charge in [0.15, 0.2) is 0 Å². The van der Waals surface area contributed by atoms with E-state index in [0.29, 0.717) is 32.0 Å². The summed E-state index contributed by atoms with van der Waals surface area (Å²) in [6.07, 6.45) is -0.286. The van der Waals surface area contributed by atoms with Crippen LogP contribution >= 0.6 is 0 Å². The van der Waals surface area contributed by atoms with Crippen LogP contribution in [0.4, 0.5) is 4.79 Å². The first-order valence-corrected chi connectivity index (χ1v) is 10.6. The average molecular weight is 444 g/mol. The number of nitrogens with zero attached hydrogens (tertiary/aromatic N) is 1. The van der Waals surface area contributed by atoms with E-state index in [2.05, 4.69) is 0 Å². The molecule has 1 amide bonds. The van der Waals surface area contributed by atoms with Crippen molar-refractivity contribution in [1.82, 2.24) is 4.90 Å². The Morgan fingerprint density at radius 1 is 0.938 bits per heavy atom. The van der Waals surface area contributed by atoms with E-state index in [9.17, 15) is 9.59 Å². The fourth-order valence-electron chi connectivity index (χ4n) is 2.90. The number of carbonyl (C=O) groups excluding carboxylic acids is 2. The van der Waals surface area contributed by atoms with Gasteiger partial charge in [-0.15, -0.1) is 0 Å². The van der Waals surface area contributed by atoms with Gasteiger partial charge in [-0.3, -0.25) is 4.90 Å². The smallest absolute Gasteiger partial charge is 0.410 e. The van der Waals surface area contributed by atoms with Gasteiger partial charge in [0.2, 0.25) is 0 Å². The molecule has 0 N–H and O–H groups in total. The highest BCUT2D eigenvalue weighted by molar-refractivity contribution is 5.81. The minimum atomic E-state index is -0.798. The molecule has 2 aromatic rings. The summed E-state index contributed by atoms with van der Waals surface area (Å²) in [6.45, 7) is 6.77. The standard InChI is InChI=1S/C25H33NO6/c1-25(2,3)32-24(28)26(4)22(23(27)29-5)17-19-11-13-21(14-12-19)31-16-15-30-18-20-9-7-6-8-10-20/h6-14,22H,15-18H2,1-5H3/t22-/m0/s1. The fraction of sp³-hybridized carbons (Fsp3) is 0.440. The second-order valence-electron chi connectivity index (χ2n) is 8.36. The number of ether oxygens (including phenoxy) is 4. The Labute approximate surface area is 190 Å². The maximum Gasteiger partial charge on any atom is 0.410 e. The largest absolute Gasteiger partial charge is 0.491 e. The van der Waals surface area contributed by atoms with Crippen LogP contribution in [0.5, 0.6) is 5.75 Å². The summed E-state index contributed by atoms with van der Waals surface area (Å²) >= 11 is 0. The molecule has 7 nitrogen and oxygen atoms in total. The molecule has 2 aromatic carbocycles. The van der Waals surface area contributed by atoms with Gasteiger partial charge in [0.05, 0.1) is 20.3 Å². The summed E-state index contributed by atoms with van der Waals surface area (Å²) in [5.41, 5.74) is 1.33. The van der Waals surface area contributed by atoms with E-state index in [1.165, 1.54) is 19.1 Å². The topological polar surface area (TPSA) is 74.3 Å². The number of amides is 1. The zero-order valence-corrected chi connectivity index (χ0v) is 19.5. The van der Waals surface area contributed by atoms with E-state index in [-0.39, 0.29) is 0 Å². The molecule has 0 spiro atoms. The molecule has 32 heavy (non-hydrogen) atoms. The first-order valence-electron chi connectivity index (χ1n) is 10.6. The predicted molar refractivity (Wildman–Crippen MR) is 122 cm³/mol. The molecule has 0 aliphatic carbocycles.